The lowest BCUT2D eigenvalue weighted by molar-refractivity contribution is 0.0528. The number of hydrogen-bond acceptors (Lipinski definition) is 4. The third-order valence-electron chi connectivity index (χ3n) is 2.66. The van der Waals surface area contributed by atoms with Crippen LogP contribution < -0.4 is 5.32 Å². The molecule has 0 aliphatic carbocycles. The summed E-state index contributed by atoms with van der Waals surface area (Å²) < 4.78 is 5.15. The van der Waals surface area contributed by atoms with Crippen molar-refractivity contribution in [3.8, 4) is 11.4 Å². The van der Waals surface area contributed by atoms with E-state index < -0.39 is 11.7 Å². The maximum atomic E-state index is 11.5. The summed E-state index contributed by atoms with van der Waals surface area (Å²) in [4.78, 5) is 15.9. The van der Waals surface area contributed by atoms with E-state index in [-0.39, 0.29) is 0 Å². The lowest BCUT2D eigenvalue weighted by Crippen LogP contribution is -2.33. The van der Waals surface area contributed by atoms with Gasteiger partial charge < -0.3 is 10.1 Å². The van der Waals surface area contributed by atoms with E-state index >= 15 is 0 Å². The number of benzene rings is 1. The number of rotatable bonds is 4. The molecule has 1 heterocycles. The van der Waals surface area contributed by atoms with Crippen LogP contribution in [0.25, 0.3) is 11.4 Å². The number of aromatic nitrogens is 3. The quantitative estimate of drug-likeness (QED) is 0.906. The molecular formula is C15H19ClN4O2. The average Bonchev–Trinajstić information content (AvgIpc) is 2.86. The molecule has 6 nitrogen and oxygen atoms in total. The molecule has 1 aromatic heterocycles. The summed E-state index contributed by atoms with van der Waals surface area (Å²) in [6.45, 7) is 5.88. The second kappa shape index (κ2) is 6.79. The largest absolute Gasteiger partial charge is 0.444 e. The average molecular weight is 323 g/mol. The molecule has 0 aliphatic heterocycles. The van der Waals surface area contributed by atoms with E-state index in [0.717, 1.165) is 5.56 Å². The number of ether oxygens (including phenoxy) is 1. The van der Waals surface area contributed by atoms with Crippen molar-refractivity contribution in [2.24, 2.45) is 0 Å². The van der Waals surface area contributed by atoms with Crippen LogP contribution in [0, 0.1) is 0 Å². The normalized spacial score (nSPS) is 11.3. The molecule has 1 amide bonds. The van der Waals surface area contributed by atoms with Crippen molar-refractivity contribution >= 4 is 17.7 Å². The monoisotopic (exact) mass is 322 g/mol. The maximum absolute atomic E-state index is 11.5. The highest BCUT2D eigenvalue weighted by Gasteiger charge is 2.15. The van der Waals surface area contributed by atoms with Gasteiger partial charge in [0.05, 0.1) is 0 Å². The van der Waals surface area contributed by atoms with Gasteiger partial charge in [-0.05, 0) is 45.0 Å². The molecule has 0 spiro atoms. The Morgan fingerprint density at radius 2 is 2.00 bits per heavy atom. The van der Waals surface area contributed by atoms with E-state index in [9.17, 15) is 4.79 Å². The summed E-state index contributed by atoms with van der Waals surface area (Å²) in [6.07, 6.45) is 0.102. The van der Waals surface area contributed by atoms with E-state index in [1.165, 1.54) is 0 Å². The van der Waals surface area contributed by atoms with Gasteiger partial charge in [-0.15, -0.1) is 0 Å². The molecule has 0 radical (unpaired) electrons. The van der Waals surface area contributed by atoms with Crippen molar-refractivity contribution in [1.82, 2.24) is 20.5 Å². The van der Waals surface area contributed by atoms with Gasteiger partial charge in [0, 0.05) is 23.6 Å². The Kier molecular flexibility index (Phi) is 5.03. The van der Waals surface area contributed by atoms with Gasteiger partial charge in [-0.3, -0.25) is 5.10 Å². The predicted molar refractivity (Wildman–Crippen MR) is 84.8 cm³/mol. The minimum Gasteiger partial charge on any atom is -0.444 e. The van der Waals surface area contributed by atoms with Crippen molar-refractivity contribution in [3.05, 3.63) is 35.1 Å². The van der Waals surface area contributed by atoms with Crippen LogP contribution in [0.15, 0.2) is 24.3 Å². The molecule has 0 saturated carbocycles. The van der Waals surface area contributed by atoms with Crippen molar-refractivity contribution in [2.45, 2.75) is 32.8 Å². The zero-order valence-corrected chi connectivity index (χ0v) is 13.6. The number of hydrogen-bond donors (Lipinski definition) is 2. The summed E-state index contributed by atoms with van der Waals surface area (Å²) in [6, 6.07) is 7.29. The van der Waals surface area contributed by atoms with Crippen LogP contribution in [0.1, 0.15) is 26.6 Å². The van der Waals surface area contributed by atoms with Crippen molar-refractivity contribution in [3.63, 3.8) is 0 Å². The molecule has 0 fully saturated rings. The van der Waals surface area contributed by atoms with E-state index in [1.54, 1.807) is 12.1 Å². The maximum Gasteiger partial charge on any atom is 0.407 e. The third-order valence-corrected chi connectivity index (χ3v) is 2.92. The van der Waals surface area contributed by atoms with Gasteiger partial charge in [0.15, 0.2) is 5.82 Å². The van der Waals surface area contributed by atoms with Crippen LogP contribution in [-0.2, 0) is 11.2 Å². The fourth-order valence-electron chi connectivity index (χ4n) is 1.73. The molecule has 2 rings (SSSR count). The summed E-state index contributed by atoms with van der Waals surface area (Å²) in [7, 11) is 0. The second-order valence-electron chi connectivity index (χ2n) is 5.79. The summed E-state index contributed by atoms with van der Waals surface area (Å²) in [5, 5.41) is 10.4. The van der Waals surface area contributed by atoms with Crippen LogP contribution in [0.5, 0.6) is 0 Å². The number of amides is 1. The molecule has 2 aromatic rings. The van der Waals surface area contributed by atoms with Gasteiger partial charge in [0.25, 0.3) is 0 Å². The zero-order chi connectivity index (χ0) is 16.2. The number of halogens is 1. The van der Waals surface area contributed by atoms with Gasteiger partial charge in [0.1, 0.15) is 11.4 Å². The molecule has 0 saturated heterocycles. The topological polar surface area (TPSA) is 79.9 Å². The smallest absolute Gasteiger partial charge is 0.407 e. The lowest BCUT2D eigenvalue weighted by Gasteiger charge is -2.19. The first-order valence-electron chi connectivity index (χ1n) is 6.97. The summed E-state index contributed by atoms with van der Waals surface area (Å²) in [5.41, 5.74) is 0.380. The van der Waals surface area contributed by atoms with Crippen LogP contribution in [0.3, 0.4) is 0 Å². The van der Waals surface area contributed by atoms with Gasteiger partial charge in [0.2, 0.25) is 0 Å². The summed E-state index contributed by atoms with van der Waals surface area (Å²) in [5.74, 6) is 1.30. The molecule has 2 N–H and O–H groups in total. The number of nitrogens with zero attached hydrogens (tertiary/aromatic N) is 2. The number of aromatic amines is 1. The molecule has 1 aromatic carbocycles. The Morgan fingerprint density at radius 1 is 1.32 bits per heavy atom. The molecule has 7 heteroatoms. The number of nitrogens with one attached hydrogen (secondary N) is 2. The number of carbonyl (C=O) groups excluding carboxylic acids is 1. The van der Waals surface area contributed by atoms with Crippen molar-refractivity contribution in [1.29, 1.82) is 0 Å². The van der Waals surface area contributed by atoms with E-state index in [2.05, 4.69) is 20.5 Å². The predicted octanol–water partition coefficient (Wildman–Crippen LogP) is 3.19. The molecule has 22 heavy (non-hydrogen) atoms. The van der Waals surface area contributed by atoms with Crippen molar-refractivity contribution < 1.29 is 9.53 Å². The zero-order valence-electron chi connectivity index (χ0n) is 12.8. The minimum absolute atomic E-state index is 0.421. The fraction of sp³-hybridized carbons (Fsp3) is 0.400. The Hall–Kier alpha value is -2.08. The Balaban J connectivity index is 1.85. The Labute approximate surface area is 134 Å². The van der Waals surface area contributed by atoms with Gasteiger partial charge in [-0.1, -0.05) is 11.6 Å². The first-order chi connectivity index (χ1) is 10.3. The second-order valence-corrected chi connectivity index (χ2v) is 6.23. The van der Waals surface area contributed by atoms with Crippen LogP contribution in [0.4, 0.5) is 4.79 Å². The van der Waals surface area contributed by atoms with Crippen LogP contribution in [0.2, 0.25) is 5.02 Å². The number of alkyl carbamates (subject to hydrolysis) is 1. The molecule has 0 unspecified atom stereocenters. The summed E-state index contributed by atoms with van der Waals surface area (Å²) >= 11 is 5.85. The molecular weight excluding hydrogens is 304 g/mol. The lowest BCUT2D eigenvalue weighted by atomic mass is 10.2. The van der Waals surface area contributed by atoms with Crippen molar-refractivity contribution in [2.75, 3.05) is 6.54 Å². The van der Waals surface area contributed by atoms with Gasteiger partial charge >= 0.3 is 6.09 Å². The Morgan fingerprint density at radius 3 is 2.64 bits per heavy atom. The van der Waals surface area contributed by atoms with Gasteiger partial charge in [-0.2, -0.15) is 5.10 Å². The highest BCUT2D eigenvalue weighted by molar-refractivity contribution is 6.30. The first kappa shape index (κ1) is 16.3. The highest BCUT2D eigenvalue weighted by atomic mass is 35.5. The fourth-order valence-corrected chi connectivity index (χ4v) is 1.86. The molecule has 0 atom stereocenters. The van der Waals surface area contributed by atoms with Crippen LogP contribution in [-0.4, -0.2) is 33.4 Å². The SMILES string of the molecule is CC(C)(C)OC(=O)NCCc1nc(-c2ccc(Cl)cc2)n[nH]1. The van der Waals surface area contributed by atoms with Gasteiger partial charge in [-0.25, -0.2) is 9.78 Å². The number of H-pyrrole nitrogens is 1. The van der Waals surface area contributed by atoms with Crippen LogP contribution >= 0.6 is 11.6 Å². The Bertz CT molecular complexity index is 632. The van der Waals surface area contributed by atoms with E-state index in [0.29, 0.717) is 29.6 Å². The first-order valence-corrected chi connectivity index (χ1v) is 7.35. The minimum atomic E-state index is -0.502. The standard InChI is InChI=1S/C15H19ClN4O2/c1-15(2,3)22-14(21)17-9-8-12-18-13(20-19-12)10-4-6-11(16)7-5-10/h4-7H,8-9H2,1-3H3,(H,17,21)(H,18,19,20). The molecule has 118 valence electrons. The van der Waals surface area contributed by atoms with E-state index in [4.69, 9.17) is 16.3 Å². The number of carbonyl (C=O) groups is 1. The van der Waals surface area contributed by atoms with E-state index in [1.807, 2.05) is 32.9 Å². The third kappa shape index (κ3) is 5.04. The molecule has 0 bridgehead atoms. The molecule has 0 aliphatic rings. The highest BCUT2D eigenvalue weighted by Crippen LogP contribution is 2.17.